The van der Waals surface area contributed by atoms with Gasteiger partial charge in [-0.25, -0.2) is 4.79 Å². The van der Waals surface area contributed by atoms with Gasteiger partial charge >= 0.3 is 5.97 Å². The van der Waals surface area contributed by atoms with Crippen molar-refractivity contribution in [3.8, 4) is 0 Å². The van der Waals surface area contributed by atoms with Crippen LogP contribution in [0.4, 0.5) is 0 Å². The maximum atomic E-state index is 10.8. The first-order valence-electron chi connectivity index (χ1n) is 4.49. The van der Waals surface area contributed by atoms with Crippen LogP contribution in [-0.4, -0.2) is 17.2 Å². The molecule has 1 aliphatic rings. The van der Waals surface area contributed by atoms with E-state index in [-0.39, 0.29) is 0 Å². The predicted octanol–water partition coefficient (Wildman–Crippen LogP) is 1.96. The van der Waals surface area contributed by atoms with Crippen LogP contribution in [0.25, 0.3) is 0 Å². The number of ether oxygens (including phenoxy) is 1. The first-order valence-corrected chi connectivity index (χ1v) is 5.28. The van der Waals surface area contributed by atoms with E-state index in [1.165, 1.54) is 6.08 Å². The van der Waals surface area contributed by atoms with Gasteiger partial charge in [0.05, 0.1) is 0 Å². The molecule has 15 heavy (non-hydrogen) atoms. The molecule has 0 spiro atoms. The number of hydrogen-bond acceptors (Lipinski definition) is 3. The van der Waals surface area contributed by atoms with Crippen molar-refractivity contribution >= 4 is 21.9 Å². The van der Waals surface area contributed by atoms with Gasteiger partial charge in [0.15, 0.2) is 6.10 Å². The van der Waals surface area contributed by atoms with Crippen LogP contribution in [0.2, 0.25) is 0 Å². The highest BCUT2D eigenvalue weighted by molar-refractivity contribution is 9.10. The summed E-state index contributed by atoms with van der Waals surface area (Å²) >= 11 is 3.31. The van der Waals surface area contributed by atoms with E-state index >= 15 is 0 Å². The van der Waals surface area contributed by atoms with Gasteiger partial charge in [-0.1, -0.05) is 28.1 Å². The SMILES string of the molecule is O=C1C=C[C@@H]([C@H](O)c2ccc(Br)cc2)O1. The molecule has 1 aliphatic heterocycles. The van der Waals surface area contributed by atoms with E-state index in [1.807, 2.05) is 12.1 Å². The van der Waals surface area contributed by atoms with Crippen LogP contribution in [0.1, 0.15) is 11.7 Å². The second kappa shape index (κ2) is 4.16. The molecular weight excluding hydrogens is 260 g/mol. The van der Waals surface area contributed by atoms with Crippen LogP contribution < -0.4 is 0 Å². The number of esters is 1. The quantitative estimate of drug-likeness (QED) is 0.835. The monoisotopic (exact) mass is 268 g/mol. The largest absolute Gasteiger partial charge is 0.452 e. The first-order chi connectivity index (χ1) is 7.16. The Morgan fingerprint density at radius 2 is 2.00 bits per heavy atom. The minimum atomic E-state index is -0.805. The normalized spacial score (nSPS) is 21.5. The van der Waals surface area contributed by atoms with Gasteiger partial charge in [-0.05, 0) is 23.8 Å². The summed E-state index contributed by atoms with van der Waals surface area (Å²) < 4.78 is 5.84. The zero-order valence-corrected chi connectivity index (χ0v) is 9.35. The molecule has 0 amide bonds. The minimum Gasteiger partial charge on any atom is -0.452 e. The molecule has 4 heteroatoms. The van der Waals surface area contributed by atoms with Crippen molar-refractivity contribution in [2.24, 2.45) is 0 Å². The molecule has 0 saturated heterocycles. The Balaban J connectivity index is 2.14. The third-order valence-electron chi connectivity index (χ3n) is 2.20. The van der Waals surface area contributed by atoms with Crippen molar-refractivity contribution in [1.82, 2.24) is 0 Å². The number of cyclic esters (lactones) is 1. The molecule has 1 aromatic carbocycles. The Bertz CT molecular complexity index is 397. The minimum absolute atomic E-state index is 0.406. The van der Waals surface area contributed by atoms with Gasteiger partial charge in [0.2, 0.25) is 0 Å². The molecule has 3 nitrogen and oxygen atoms in total. The zero-order chi connectivity index (χ0) is 10.8. The van der Waals surface area contributed by atoms with Crippen LogP contribution in [0, 0.1) is 0 Å². The lowest BCUT2D eigenvalue weighted by Crippen LogP contribution is -2.18. The van der Waals surface area contributed by atoms with Crippen LogP contribution >= 0.6 is 15.9 Å². The van der Waals surface area contributed by atoms with Gasteiger partial charge in [0.1, 0.15) is 6.10 Å². The van der Waals surface area contributed by atoms with E-state index in [9.17, 15) is 9.90 Å². The lowest BCUT2D eigenvalue weighted by molar-refractivity contribution is -0.142. The molecule has 2 atom stereocenters. The highest BCUT2D eigenvalue weighted by atomic mass is 79.9. The number of benzene rings is 1. The highest BCUT2D eigenvalue weighted by Gasteiger charge is 2.25. The van der Waals surface area contributed by atoms with Crippen LogP contribution in [-0.2, 0) is 9.53 Å². The maximum Gasteiger partial charge on any atom is 0.331 e. The first kappa shape index (κ1) is 10.4. The fourth-order valence-electron chi connectivity index (χ4n) is 1.41. The molecule has 0 bridgehead atoms. The Morgan fingerprint density at radius 1 is 1.33 bits per heavy atom. The molecule has 1 heterocycles. The third-order valence-corrected chi connectivity index (χ3v) is 2.73. The van der Waals surface area contributed by atoms with Crippen molar-refractivity contribution < 1.29 is 14.6 Å². The van der Waals surface area contributed by atoms with E-state index in [2.05, 4.69) is 15.9 Å². The molecule has 1 N–H and O–H groups in total. The van der Waals surface area contributed by atoms with E-state index in [1.54, 1.807) is 18.2 Å². The molecule has 1 aromatic rings. The average molecular weight is 269 g/mol. The van der Waals surface area contributed by atoms with Crippen molar-refractivity contribution in [3.05, 3.63) is 46.5 Å². The second-order valence-corrected chi connectivity index (χ2v) is 4.17. The fourth-order valence-corrected chi connectivity index (χ4v) is 1.67. The highest BCUT2D eigenvalue weighted by Crippen LogP contribution is 2.24. The molecular formula is C11H9BrO3. The summed E-state index contributed by atoms with van der Waals surface area (Å²) in [5.74, 6) is -0.406. The summed E-state index contributed by atoms with van der Waals surface area (Å²) in [6.07, 6.45) is 1.52. The van der Waals surface area contributed by atoms with Gasteiger partial charge in [-0.2, -0.15) is 0 Å². The number of carbonyl (C=O) groups excluding carboxylic acids is 1. The maximum absolute atomic E-state index is 10.8. The van der Waals surface area contributed by atoms with E-state index in [0.29, 0.717) is 0 Å². The van der Waals surface area contributed by atoms with Crippen LogP contribution in [0.15, 0.2) is 40.9 Å². The smallest absolute Gasteiger partial charge is 0.331 e. The van der Waals surface area contributed by atoms with Crippen molar-refractivity contribution in [2.75, 3.05) is 0 Å². The molecule has 78 valence electrons. The Hall–Kier alpha value is -1.13. The molecule has 0 aromatic heterocycles. The number of aliphatic hydroxyl groups is 1. The molecule has 2 rings (SSSR count). The van der Waals surface area contributed by atoms with E-state index in [0.717, 1.165) is 10.0 Å². The number of rotatable bonds is 2. The summed E-state index contributed by atoms with van der Waals surface area (Å²) in [5, 5.41) is 9.89. The Kier molecular flexibility index (Phi) is 2.88. The summed E-state index contributed by atoms with van der Waals surface area (Å²) in [4.78, 5) is 10.8. The van der Waals surface area contributed by atoms with Crippen molar-refractivity contribution in [2.45, 2.75) is 12.2 Å². The average Bonchev–Trinajstić information content (AvgIpc) is 2.65. The van der Waals surface area contributed by atoms with Crippen molar-refractivity contribution in [1.29, 1.82) is 0 Å². The Morgan fingerprint density at radius 3 is 2.53 bits per heavy atom. The zero-order valence-electron chi connectivity index (χ0n) is 7.76. The summed E-state index contributed by atoms with van der Waals surface area (Å²) in [6.45, 7) is 0. The number of aliphatic hydroxyl groups excluding tert-OH is 1. The van der Waals surface area contributed by atoms with Crippen molar-refractivity contribution in [3.63, 3.8) is 0 Å². The standard InChI is InChI=1S/C11H9BrO3/c12-8-3-1-7(2-4-8)11(14)9-5-6-10(13)15-9/h1-6,9,11,14H/t9-,11+/m0/s1. The lowest BCUT2D eigenvalue weighted by Gasteiger charge is -2.16. The number of hydrogen-bond donors (Lipinski definition) is 1. The molecule has 0 unspecified atom stereocenters. The summed E-state index contributed by atoms with van der Waals surface area (Å²) in [6, 6.07) is 7.24. The molecule has 0 radical (unpaired) electrons. The molecule has 0 aliphatic carbocycles. The van der Waals surface area contributed by atoms with E-state index in [4.69, 9.17) is 4.74 Å². The predicted molar refractivity (Wildman–Crippen MR) is 58.1 cm³/mol. The summed E-state index contributed by atoms with van der Waals surface area (Å²) in [7, 11) is 0. The summed E-state index contributed by atoms with van der Waals surface area (Å²) in [5.41, 5.74) is 0.725. The van der Waals surface area contributed by atoms with Gasteiger partial charge in [0, 0.05) is 10.5 Å². The van der Waals surface area contributed by atoms with Gasteiger partial charge < -0.3 is 9.84 Å². The Labute approximate surface area is 95.5 Å². The number of halogens is 1. The fraction of sp³-hybridized carbons (Fsp3) is 0.182. The van der Waals surface area contributed by atoms with Gasteiger partial charge in [-0.3, -0.25) is 0 Å². The lowest BCUT2D eigenvalue weighted by atomic mass is 10.1. The van der Waals surface area contributed by atoms with Gasteiger partial charge in [0.25, 0.3) is 0 Å². The van der Waals surface area contributed by atoms with Gasteiger partial charge in [-0.15, -0.1) is 0 Å². The number of carbonyl (C=O) groups is 1. The topological polar surface area (TPSA) is 46.5 Å². The molecule has 0 fully saturated rings. The molecule has 0 saturated carbocycles. The van der Waals surface area contributed by atoms with Crippen LogP contribution in [0.5, 0.6) is 0 Å². The van der Waals surface area contributed by atoms with Crippen LogP contribution in [0.3, 0.4) is 0 Å². The second-order valence-electron chi connectivity index (χ2n) is 3.26. The van der Waals surface area contributed by atoms with E-state index < -0.39 is 18.2 Å². The third kappa shape index (κ3) is 2.27.